The molecule has 0 aliphatic rings. The van der Waals surface area contributed by atoms with E-state index >= 15 is 0 Å². The number of benzene rings is 6. The summed E-state index contributed by atoms with van der Waals surface area (Å²) in [6, 6.07) is 48.7. The molecule has 6 aromatic carbocycles. The smallest absolute Gasteiger partial charge is 0.304 e. The predicted molar refractivity (Wildman–Crippen MR) is 218 cm³/mol. The SMILES string of the molecule is CC(C)(C)Cc1c(-c2ccc(-c3ccccc3)cc2)cnn1-c1[c-]cccc1.FC(F)(F)c1cc(-c2cc[c-]c(-c3cc4ccccc4cn3)c2)cc(C(F)(F)F)c1.[Ir]. The van der Waals surface area contributed by atoms with Gasteiger partial charge < -0.3 is 4.98 Å². The second-order valence-corrected chi connectivity index (χ2v) is 15.0. The zero-order chi connectivity index (χ0) is 41.1. The number of rotatable bonds is 6. The fourth-order valence-electron chi connectivity index (χ4n) is 6.63. The van der Waals surface area contributed by atoms with Gasteiger partial charge >= 0.3 is 12.4 Å². The van der Waals surface area contributed by atoms with Crippen molar-refractivity contribution >= 4 is 10.8 Å². The molecule has 0 N–H and O–H groups in total. The Hall–Kier alpha value is -5.83. The normalized spacial score (nSPS) is 11.7. The van der Waals surface area contributed by atoms with Gasteiger partial charge in [0.15, 0.2) is 0 Å². The Labute approximate surface area is 352 Å². The van der Waals surface area contributed by atoms with E-state index in [2.05, 4.69) is 92.5 Å². The van der Waals surface area contributed by atoms with Gasteiger partial charge in [-0.2, -0.15) is 55.7 Å². The Morgan fingerprint density at radius 1 is 0.542 bits per heavy atom. The van der Waals surface area contributed by atoms with Crippen LogP contribution in [0.4, 0.5) is 26.3 Å². The summed E-state index contributed by atoms with van der Waals surface area (Å²) in [7, 11) is 0. The maximum absolute atomic E-state index is 13.2. The Morgan fingerprint density at radius 3 is 1.78 bits per heavy atom. The van der Waals surface area contributed by atoms with Crippen LogP contribution in [0.25, 0.3) is 61.1 Å². The number of alkyl halides is 6. The summed E-state index contributed by atoms with van der Waals surface area (Å²) >= 11 is 0. The van der Waals surface area contributed by atoms with Crippen LogP contribution in [0, 0.1) is 17.5 Å². The minimum absolute atomic E-state index is 0. The topological polar surface area (TPSA) is 30.7 Å². The standard InChI is InChI=1S/C26H25N2.C23H12F6N.Ir/c1-26(2,3)18-25-24(19-27-28(25)23-12-8-5-9-13-23)22-16-14-21(15-17-22)20-10-6-4-7-11-20;24-22(25,26)19-9-18(10-20(12-19)23(27,28)29)14-6-3-7-16(8-14)21-11-15-4-1-2-5-17(15)13-30-21;/h4-12,14-17,19H,18H2,1-3H3;1-6,8-13H;/q2*-1;. The van der Waals surface area contributed by atoms with Crippen molar-refractivity contribution in [3.8, 4) is 50.3 Å². The fraction of sp³-hybridized carbons (Fsp3) is 0.143. The van der Waals surface area contributed by atoms with Crippen LogP contribution in [-0.2, 0) is 38.9 Å². The van der Waals surface area contributed by atoms with Crippen molar-refractivity contribution < 1.29 is 46.4 Å². The maximum Gasteiger partial charge on any atom is 0.416 e. The summed E-state index contributed by atoms with van der Waals surface area (Å²) in [6.07, 6.45) is -5.23. The largest absolute Gasteiger partial charge is 0.416 e. The average molecular weight is 974 g/mol. The first-order chi connectivity index (χ1) is 27.6. The summed E-state index contributed by atoms with van der Waals surface area (Å²) in [6.45, 7) is 6.80. The van der Waals surface area contributed by atoms with E-state index in [1.165, 1.54) is 46.1 Å². The Bertz CT molecular complexity index is 2610. The van der Waals surface area contributed by atoms with Gasteiger partial charge in [0, 0.05) is 31.9 Å². The fourth-order valence-corrected chi connectivity index (χ4v) is 6.63. The van der Waals surface area contributed by atoms with Crippen molar-refractivity contribution in [3.05, 3.63) is 187 Å². The van der Waals surface area contributed by atoms with Gasteiger partial charge in [-0.25, -0.2) is 0 Å². The predicted octanol–water partition coefficient (Wildman–Crippen LogP) is 14.0. The van der Waals surface area contributed by atoms with Crippen LogP contribution in [0.3, 0.4) is 0 Å². The van der Waals surface area contributed by atoms with Gasteiger partial charge in [-0.05, 0) is 74.4 Å². The molecule has 301 valence electrons. The number of nitrogens with zero attached hydrogens (tertiary/aromatic N) is 3. The first-order valence-electron chi connectivity index (χ1n) is 18.5. The summed E-state index contributed by atoms with van der Waals surface area (Å²) < 4.78 is 81.0. The number of pyridine rings is 1. The molecular weight excluding hydrogens is 937 g/mol. The van der Waals surface area contributed by atoms with Gasteiger partial charge in [-0.15, -0.1) is 41.5 Å². The minimum Gasteiger partial charge on any atom is -0.304 e. The summed E-state index contributed by atoms with van der Waals surface area (Å²) in [5.41, 5.74) is 5.49. The van der Waals surface area contributed by atoms with Gasteiger partial charge in [0.25, 0.3) is 0 Å². The molecule has 0 saturated carbocycles. The minimum atomic E-state index is -4.90. The van der Waals surface area contributed by atoms with E-state index in [0.29, 0.717) is 23.4 Å². The van der Waals surface area contributed by atoms with Crippen molar-refractivity contribution in [2.24, 2.45) is 5.41 Å². The van der Waals surface area contributed by atoms with E-state index in [1.54, 1.807) is 12.3 Å². The van der Waals surface area contributed by atoms with E-state index in [9.17, 15) is 26.3 Å². The van der Waals surface area contributed by atoms with Crippen LogP contribution in [-0.4, -0.2) is 14.8 Å². The van der Waals surface area contributed by atoms with Crippen molar-refractivity contribution in [2.75, 3.05) is 0 Å². The van der Waals surface area contributed by atoms with E-state index in [-0.39, 0.29) is 42.7 Å². The summed E-state index contributed by atoms with van der Waals surface area (Å²) in [5, 5.41) is 6.52. The van der Waals surface area contributed by atoms with Crippen LogP contribution < -0.4 is 0 Å². The van der Waals surface area contributed by atoms with Crippen LogP contribution in [0.1, 0.15) is 37.6 Å². The van der Waals surface area contributed by atoms with E-state index in [4.69, 9.17) is 5.10 Å². The zero-order valence-corrected chi connectivity index (χ0v) is 34.6. The molecule has 2 aromatic heterocycles. The molecule has 1 radical (unpaired) electrons. The molecule has 8 rings (SSSR count). The van der Waals surface area contributed by atoms with Gasteiger partial charge in [0.1, 0.15) is 0 Å². The molecule has 8 aromatic rings. The molecule has 0 atom stereocenters. The Kier molecular flexibility index (Phi) is 12.7. The monoisotopic (exact) mass is 974 g/mol. The molecular formula is C49H37F6IrN3-2. The maximum atomic E-state index is 13.2. The summed E-state index contributed by atoms with van der Waals surface area (Å²) in [5.74, 6) is 0. The zero-order valence-electron chi connectivity index (χ0n) is 32.2. The first-order valence-corrected chi connectivity index (χ1v) is 18.5. The molecule has 59 heavy (non-hydrogen) atoms. The number of para-hydroxylation sites is 1. The molecule has 0 spiro atoms. The summed E-state index contributed by atoms with van der Waals surface area (Å²) in [4.78, 5) is 4.33. The van der Waals surface area contributed by atoms with E-state index in [0.717, 1.165) is 22.9 Å². The van der Waals surface area contributed by atoms with Crippen molar-refractivity contribution in [1.82, 2.24) is 14.8 Å². The van der Waals surface area contributed by atoms with E-state index in [1.807, 2.05) is 59.4 Å². The van der Waals surface area contributed by atoms with Crippen LogP contribution in [0.2, 0.25) is 0 Å². The van der Waals surface area contributed by atoms with Gasteiger partial charge in [-0.3, -0.25) is 4.68 Å². The van der Waals surface area contributed by atoms with Crippen molar-refractivity contribution in [2.45, 2.75) is 39.5 Å². The van der Waals surface area contributed by atoms with Crippen LogP contribution in [0.15, 0.2) is 158 Å². The molecule has 3 nitrogen and oxygen atoms in total. The second-order valence-electron chi connectivity index (χ2n) is 15.0. The van der Waals surface area contributed by atoms with Crippen molar-refractivity contribution in [3.63, 3.8) is 0 Å². The molecule has 0 fully saturated rings. The molecule has 10 heteroatoms. The molecule has 0 aliphatic carbocycles. The first kappa shape index (κ1) is 42.8. The third-order valence-corrected chi connectivity index (χ3v) is 9.42. The van der Waals surface area contributed by atoms with E-state index < -0.39 is 23.5 Å². The molecule has 0 bridgehead atoms. The second kappa shape index (κ2) is 17.6. The quantitative estimate of drug-likeness (QED) is 0.123. The third-order valence-electron chi connectivity index (χ3n) is 9.42. The molecule has 0 unspecified atom stereocenters. The number of fused-ring (bicyclic) bond motifs is 1. The third kappa shape index (κ3) is 10.4. The van der Waals surface area contributed by atoms with Crippen molar-refractivity contribution in [1.29, 1.82) is 0 Å². The molecule has 0 saturated heterocycles. The van der Waals surface area contributed by atoms with Gasteiger partial charge in [-0.1, -0.05) is 106 Å². The van der Waals surface area contributed by atoms with Crippen LogP contribution in [0.5, 0.6) is 0 Å². The van der Waals surface area contributed by atoms with Gasteiger partial charge in [0.2, 0.25) is 0 Å². The Morgan fingerprint density at radius 2 is 1.15 bits per heavy atom. The molecule has 0 aliphatic heterocycles. The average Bonchev–Trinajstić information content (AvgIpc) is 3.62. The van der Waals surface area contributed by atoms with Crippen LogP contribution >= 0.6 is 0 Å². The number of aromatic nitrogens is 3. The number of hydrogen-bond donors (Lipinski definition) is 0. The molecule has 2 heterocycles. The number of halogens is 6. The van der Waals surface area contributed by atoms with Gasteiger partial charge in [0.05, 0.1) is 23.0 Å². The molecule has 0 amide bonds. The Balaban J connectivity index is 0.000000195. The number of hydrogen-bond acceptors (Lipinski definition) is 2.